The zero-order valence-electron chi connectivity index (χ0n) is 15.4. The Kier molecular flexibility index (Phi) is 5.55. The molecule has 0 unspecified atom stereocenters. The number of aromatic nitrogens is 2. The molecular weight excluding hydrogens is 357 g/mol. The monoisotopic (exact) mass is 380 g/mol. The molecule has 1 aliphatic rings. The molecule has 1 aromatic heterocycles. The van der Waals surface area contributed by atoms with Gasteiger partial charge < -0.3 is 15.2 Å². The molecule has 1 aromatic carbocycles. The fraction of sp³-hybridized carbons (Fsp3) is 0.474. The summed E-state index contributed by atoms with van der Waals surface area (Å²) in [4.78, 5) is 18.7. The number of hydrogen-bond acceptors (Lipinski definition) is 3. The third-order valence-electron chi connectivity index (χ3n) is 4.79. The molecule has 0 fully saturated rings. The number of amides is 1. The van der Waals surface area contributed by atoms with E-state index in [9.17, 15) is 18.0 Å². The third-order valence-corrected chi connectivity index (χ3v) is 4.79. The van der Waals surface area contributed by atoms with Crippen molar-refractivity contribution in [2.75, 3.05) is 6.54 Å². The Morgan fingerprint density at radius 1 is 1.19 bits per heavy atom. The molecule has 0 spiro atoms. The summed E-state index contributed by atoms with van der Waals surface area (Å²) >= 11 is 0. The number of halogens is 3. The van der Waals surface area contributed by atoms with Crippen LogP contribution in [-0.4, -0.2) is 32.9 Å². The molecule has 146 valence electrons. The summed E-state index contributed by atoms with van der Waals surface area (Å²) in [7, 11) is 0. The predicted molar refractivity (Wildman–Crippen MR) is 94.3 cm³/mol. The largest absolute Gasteiger partial charge is 0.335 e. The van der Waals surface area contributed by atoms with E-state index in [1.54, 1.807) is 11.1 Å². The lowest BCUT2D eigenvalue weighted by molar-refractivity contribution is -0.133. The van der Waals surface area contributed by atoms with Crippen molar-refractivity contribution in [1.29, 1.82) is 0 Å². The van der Waals surface area contributed by atoms with Gasteiger partial charge in [0.2, 0.25) is 5.91 Å². The van der Waals surface area contributed by atoms with E-state index in [-0.39, 0.29) is 24.3 Å². The van der Waals surface area contributed by atoms with Crippen molar-refractivity contribution in [3.8, 4) is 0 Å². The van der Waals surface area contributed by atoms with Crippen molar-refractivity contribution >= 4 is 5.91 Å². The maximum Gasteiger partial charge on any atom is 0.224 e. The molecule has 8 heteroatoms. The van der Waals surface area contributed by atoms with E-state index < -0.39 is 23.5 Å². The first kappa shape index (κ1) is 19.4. The Hall–Kier alpha value is -2.35. The average molecular weight is 380 g/mol. The van der Waals surface area contributed by atoms with Crippen molar-refractivity contribution in [1.82, 2.24) is 14.5 Å². The second-order valence-electron chi connectivity index (χ2n) is 7.26. The molecule has 1 amide bonds. The molecule has 27 heavy (non-hydrogen) atoms. The second kappa shape index (κ2) is 7.72. The summed E-state index contributed by atoms with van der Waals surface area (Å²) in [6.07, 6.45) is 1.74. The Morgan fingerprint density at radius 2 is 1.89 bits per heavy atom. The Bertz CT molecular complexity index is 850. The van der Waals surface area contributed by atoms with Gasteiger partial charge in [0.1, 0.15) is 11.6 Å². The van der Waals surface area contributed by atoms with Crippen LogP contribution < -0.4 is 5.73 Å². The lowest BCUT2D eigenvalue weighted by atomic mass is 10.0. The second-order valence-corrected chi connectivity index (χ2v) is 7.26. The summed E-state index contributed by atoms with van der Waals surface area (Å²) in [5.74, 6) is -2.08. The smallest absolute Gasteiger partial charge is 0.224 e. The van der Waals surface area contributed by atoms with E-state index in [0.29, 0.717) is 31.6 Å². The first-order valence-corrected chi connectivity index (χ1v) is 8.97. The van der Waals surface area contributed by atoms with Gasteiger partial charge in [0, 0.05) is 37.5 Å². The van der Waals surface area contributed by atoms with Gasteiger partial charge >= 0.3 is 0 Å². The van der Waals surface area contributed by atoms with Crippen LogP contribution in [0.4, 0.5) is 13.2 Å². The molecule has 2 aromatic rings. The minimum atomic E-state index is -1.24. The predicted octanol–water partition coefficient (Wildman–Crippen LogP) is 2.73. The van der Waals surface area contributed by atoms with Crippen LogP contribution in [0.2, 0.25) is 0 Å². The van der Waals surface area contributed by atoms with Crippen molar-refractivity contribution < 1.29 is 18.0 Å². The molecule has 0 aliphatic carbocycles. The molecular formula is C19H23F3N4O. The molecule has 0 saturated carbocycles. The first-order valence-electron chi connectivity index (χ1n) is 8.97. The van der Waals surface area contributed by atoms with Crippen LogP contribution >= 0.6 is 0 Å². The van der Waals surface area contributed by atoms with E-state index in [1.165, 1.54) is 0 Å². The maximum atomic E-state index is 13.7. The minimum Gasteiger partial charge on any atom is -0.335 e. The van der Waals surface area contributed by atoms with Gasteiger partial charge in [-0.3, -0.25) is 4.79 Å². The van der Waals surface area contributed by atoms with E-state index in [4.69, 9.17) is 5.73 Å². The molecule has 5 nitrogen and oxygen atoms in total. The van der Waals surface area contributed by atoms with Gasteiger partial charge in [0.05, 0.1) is 18.4 Å². The quantitative estimate of drug-likeness (QED) is 0.812. The van der Waals surface area contributed by atoms with Crippen molar-refractivity contribution in [3.63, 3.8) is 0 Å². The van der Waals surface area contributed by atoms with E-state index in [1.807, 2.05) is 0 Å². The molecule has 3 rings (SSSR count). The lowest BCUT2D eigenvalue weighted by Gasteiger charge is -2.30. The fourth-order valence-electron chi connectivity index (χ4n) is 3.41. The van der Waals surface area contributed by atoms with E-state index >= 15 is 0 Å². The van der Waals surface area contributed by atoms with Crippen molar-refractivity contribution in [3.05, 3.63) is 52.9 Å². The van der Waals surface area contributed by atoms with E-state index in [0.717, 1.165) is 17.6 Å². The van der Waals surface area contributed by atoms with Crippen molar-refractivity contribution in [2.45, 2.75) is 51.7 Å². The van der Waals surface area contributed by atoms with Crippen LogP contribution in [-0.2, 0) is 24.3 Å². The van der Waals surface area contributed by atoms with Crippen LogP contribution in [0.25, 0.3) is 0 Å². The molecule has 0 saturated heterocycles. The summed E-state index contributed by atoms with van der Waals surface area (Å²) in [6, 6.07) is 0.606. The van der Waals surface area contributed by atoms with Crippen molar-refractivity contribution in [2.24, 2.45) is 5.73 Å². The topological polar surface area (TPSA) is 64.2 Å². The van der Waals surface area contributed by atoms with E-state index in [2.05, 4.69) is 23.4 Å². The lowest BCUT2D eigenvalue weighted by Crippen LogP contribution is -2.41. The first-order chi connectivity index (χ1) is 12.8. The number of imidazole rings is 1. The maximum absolute atomic E-state index is 13.7. The molecule has 2 N–H and O–H groups in total. The van der Waals surface area contributed by atoms with Crippen LogP contribution in [0, 0.1) is 17.5 Å². The fourth-order valence-corrected chi connectivity index (χ4v) is 3.41. The van der Waals surface area contributed by atoms with Gasteiger partial charge in [-0.25, -0.2) is 18.2 Å². The highest BCUT2D eigenvalue weighted by Crippen LogP contribution is 2.21. The standard InChI is InChI=1S/C19H23F3N4O/c1-11(2)19-24-9-14-10-25(3-4-26(14)19)18(27)7-13(23)5-12-6-16(21)17(22)8-15(12)20/h6,8-9,11,13H,3-5,7,10,23H2,1-2H3/t13-/m1/s1. The van der Waals surface area contributed by atoms with Gasteiger partial charge in [-0.1, -0.05) is 13.8 Å². The number of benzene rings is 1. The zero-order valence-corrected chi connectivity index (χ0v) is 15.4. The summed E-state index contributed by atoms with van der Waals surface area (Å²) in [5.41, 5.74) is 6.90. The van der Waals surface area contributed by atoms with Gasteiger partial charge in [0.25, 0.3) is 0 Å². The van der Waals surface area contributed by atoms with Gasteiger partial charge in [-0.05, 0) is 18.1 Å². The summed E-state index contributed by atoms with van der Waals surface area (Å²) in [5, 5.41) is 0. The highest BCUT2D eigenvalue weighted by molar-refractivity contribution is 5.77. The third kappa shape index (κ3) is 4.16. The van der Waals surface area contributed by atoms with Crippen LogP contribution in [0.3, 0.4) is 0 Å². The number of fused-ring (bicyclic) bond motifs is 1. The number of nitrogens with two attached hydrogens (primary N) is 1. The molecule has 2 heterocycles. The molecule has 0 bridgehead atoms. The van der Waals surface area contributed by atoms with Crippen LogP contribution in [0.5, 0.6) is 0 Å². The number of nitrogens with zero attached hydrogens (tertiary/aromatic N) is 3. The normalized spacial score (nSPS) is 15.1. The number of carbonyl (C=O) groups excluding carboxylic acids is 1. The number of rotatable bonds is 5. The SMILES string of the molecule is CC(C)c1ncc2n1CCN(C(=O)C[C@H](N)Cc1cc(F)c(F)cc1F)C2. The van der Waals surface area contributed by atoms with Gasteiger partial charge in [0.15, 0.2) is 11.6 Å². The number of hydrogen-bond donors (Lipinski definition) is 1. The zero-order chi connectivity index (χ0) is 19.7. The Morgan fingerprint density at radius 3 is 2.59 bits per heavy atom. The highest BCUT2D eigenvalue weighted by atomic mass is 19.2. The average Bonchev–Trinajstić information content (AvgIpc) is 3.03. The van der Waals surface area contributed by atoms with Crippen LogP contribution in [0.15, 0.2) is 18.3 Å². The molecule has 0 radical (unpaired) electrons. The molecule has 1 atom stereocenters. The summed E-state index contributed by atoms with van der Waals surface area (Å²) in [6.45, 7) is 5.81. The highest BCUT2D eigenvalue weighted by Gasteiger charge is 2.25. The minimum absolute atomic E-state index is 0.00358. The Balaban J connectivity index is 1.61. The molecule has 1 aliphatic heterocycles. The summed E-state index contributed by atoms with van der Waals surface area (Å²) < 4.78 is 42.2. The van der Waals surface area contributed by atoms with Gasteiger partial charge in [-0.15, -0.1) is 0 Å². The number of carbonyl (C=O) groups is 1. The Labute approximate surface area is 156 Å². The van der Waals surface area contributed by atoms with Crippen LogP contribution in [0.1, 0.15) is 43.3 Å². The van der Waals surface area contributed by atoms with Gasteiger partial charge in [-0.2, -0.15) is 0 Å².